The Balaban J connectivity index is 3.67. The summed E-state index contributed by atoms with van der Waals surface area (Å²) in [5.74, 6) is -0.0934. The van der Waals surface area contributed by atoms with E-state index in [0.717, 1.165) is 96.3 Å². The van der Waals surface area contributed by atoms with Crippen molar-refractivity contribution in [1.82, 2.24) is 5.32 Å². The van der Waals surface area contributed by atoms with Gasteiger partial charge in [0.2, 0.25) is 5.91 Å². The van der Waals surface area contributed by atoms with Crippen LogP contribution in [0.15, 0.2) is 122 Å². The number of aliphatic hydroxyl groups is 2. The molecule has 4 heteroatoms. The number of carbonyl (C=O) groups excluding carboxylic acids is 1. The maximum Gasteiger partial charge on any atom is 0.220 e. The van der Waals surface area contributed by atoms with Crippen molar-refractivity contribution in [2.24, 2.45) is 0 Å². The van der Waals surface area contributed by atoms with Gasteiger partial charge in [0.25, 0.3) is 0 Å². The van der Waals surface area contributed by atoms with Crippen molar-refractivity contribution in [2.45, 2.75) is 257 Å². The van der Waals surface area contributed by atoms with E-state index in [1.165, 1.54) is 128 Å². The molecule has 1 amide bonds. The lowest BCUT2D eigenvalue weighted by Gasteiger charge is -2.19. The Labute approximate surface area is 409 Å². The minimum absolute atomic E-state index is 0.0934. The van der Waals surface area contributed by atoms with Crippen LogP contribution in [0.1, 0.15) is 245 Å². The van der Waals surface area contributed by atoms with Crippen LogP contribution in [0, 0.1) is 0 Å². The van der Waals surface area contributed by atoms with Gasteiger partial charge in [-0.3, -0.25) is 4.79 Å². The van der Waals surface area contributed by atoms with Crippen LogP contribution in [-0.4, -0.2) is 34.9 Å². The average Bonchev–Trinajstić information content (AvgIpc) is 3.32. The first-order valence-corrected chi connectivity index (χ1v) is 27.7. The molecule has 0 heterocycles. The van der Waals surface area contributed by atoms with E-state index in [1.807, 2.05) is 6.08 Å². The normalized spacial score (nSPS) is 13.8. The highest BCUT2D eigenvalue weighted by Gasteiger charge is 2.17. The molecule has 66 heavy (non-hydrogen) atoms. The largest absolute Gasteiger partial charge is 0.394 e. The highest BCUT2D eigenvalue weighted by Crippen LogP contribution is 2.15. The zero-order valence-corrected chi connectivity index (χ0v) is 43.2. The summed E-state index contributed by atoms with van der Waals surface area (Å²) in [6.45, 7) is 4.18. The number of carbonyl (C=O) groups is 1. The van der Waals surface area contributed by atoms with E-state index in [1.54, 1.807) is 6.08 Å². The maximum atomic E-state index is 12.5. The van der Waals surface area contributed by atoms with Crippen LogP contribution < -0.4 is 5.32 Å². The molecule has 0 fully saturated rings. The van der Waals surface area contributed by atoms with Crippen molar-refractivity contribution in [3.63, 3.8) is 0 Å². The van der Waals surface area contributed by atoms with Crippen molar-refractivity contribution in [2.75, 3.05) is 6.61 Å². The SMILES string of the molecule is CC/C=C\C/C=C\C/C=C\C/C=C\C/C=C\C/C=C\C/C=C\CCCCCCCCCC(=O)NC(CO)C(O)/C=C/CC/C=C/CC/C=C/CCCCCCCCCCCCCCCCC. The Morgan fingerprint density at radius 2 is 0.682 bits per heavy atom. The van der Waals surface area contributed by atoms with Crippen LogP contribution >= 0.6 is 0 Å². The lowest BCUT2D eigenvalue weighted by atomic mass is 10.0. The summed E-state index contributed by atoms with van der Waals surface area (Å²) in [5.41, 5.74) is 0. The van der Waals surface area contributed by atoms with Gasteiger partial charge in [-0.05, 0) is 103 Å². The minimum atomic E-state index is -0.885. The second-order valence-corrected chi connectivity index (χ2v) is 18.2. The molecule has 0 bridgehead atoms. The summed E-state index contributed by atoms with van der Waals surface area (Å²) >= 11 is 0. The molecule has 0 saturated heterocycles. The van der Waals surface area contributed by atoms with Crippen molar-refractivity contribution < 1.29 is 15.0 Å². The van der Waals surface area contributed by atoms with Crippen molar-refractivity contribution in [3.05, 3.63) is 122 Å². The maximum absolute atomic E-state index is 12.5. The first-order valence-electron chi connectivity index (χ1n) is 27.7. The molecule has 0 aromatic rings. The van der Waals surface area contributed by atoms with E-state index in [4.69, 9.17) is 0 Å². The van der Waals surface area contributed by atoms with Crippen LogP contribution in [0.25, 0.3) is 0 Å². The number of rotatable bonds is 49. The van der Waals surface area contributed by atoms with Crippen LogP contribution in [0.2, 0.25) is 0 Å². The van der Waals surface area contributed by atoms with Gasteiger partial charge in [-0.15, -0.1) is 0 Å². The smallest absolute Gasteiger partial charge is 0.220 e. The molecule has 4 nitrogen and oxygen atoms in total. The molecular formula is C62H105NO3. The number of allylic oxidation sites excluding steroid dienone is 19. The number of aliphatic hydroxyl groups excluding tert-OH is 2. The van der Waals surface area contributed by atoms with Crippen LogP contribution in [0.5, 0.6) is 0 Å². The first-order chi connectivity index (χ1) is 32.7. The van der Waals surface area contributed by atoms with Crippen LogP contribution in [-0.2, 0) is 4.79 Å². The van der Waals surface area contributed by atoms with E-state index < -0.39 is 12.1 Å². The van der Waals surface area contributed by atoms with E-state index >= 15 is 0 Å². The third-order valence-electron chi connectivity index (χ3n) is 11.9. The fourth-order valence-electron chi connectivity index (χ4n) is 7.72. The summed E-state index contributed by atoms with van der Waals surface area (Å²) in [6.07, 6.45) is 86.3. The summed E-state index contributed by atoms with van der Waals surface area (Å²) in [4.78, 5) is 12.5. The van der Waals surface area contributed by atoms with Gasteiger partial charge in [0.1, 0.15) is 0 Å². The number of hydrogen-bond acceptors (Lipinski definition) is 3. The van der Waals surface area contributed by atoms with E-state index in [2.05, 4.69) is 129 Å². The van der Waals surface area contributed by atoms with Gasteiger partial charge in [-0.1, -0.05) is 257 Å². The average molecular weight is 913 g/mol. The lowest BCUT2D eigenvalue weighted by Crippen LogP contribution is -2.45. The van der Waals surface area contributed by atoms with Gasteiger partial charge in [0, 0.05) is 6.42 Å². The Bertz CT molecular complexity index is 1310. The monoisotopic (exact) mass is 912 g/mol. The number of amides is 1. The predicted octanol–water partition coefficient (Wildman–Crippen LogP) is 18.5. The van der Waals surface area contributed by atoms with E-state index in [9.17, 15) is 15.0 Å². The lowest BCUT2D eigenvalue weighted by molar-refractivity contribution is -0.123. The molecule has 0 rings (SSSR count). The Hall–Kier alpha value is -3.21. The number of nitrogens with one attached hydrogen (secondary N) is 1. The molecule has 0 aliphatic heterocycles. The first kappa shape index (κ1) is 62.8. The van der Waals surface area contributed by atoms with Gasteiger partial charge in [0.05, 0.1) is 18.8 Å². The molecular weight excluding hydrogens is 807 g/mol. The van der Waals surface area contributed by atoms with Crippen LogP contribution in [0.3, 0.4) is 0 Å². The fourth-order valence-corrected chi connectivity index (χ4v) is 7.72. The van der Waals surface area contributed by atoms with Gasteiger partial charge in [0.15, 0.2) is 0 Å². The Morgan fingerprint density at radius 1 is 0.379 bits per heavy atom. The molecule has 0 radical (unpaired) electrons. The van der Waals surface area contributed by atoms with Crippen LogP contribution in [0.4, 0.5) is 0 Å². The standard InChI is InChI=1S/C62H105NO3/c1-3-5-7-9-11-13-15-17-19-21-23-25-27-29-30-31-32-34-36-38-40-42-44-46-48-50-52-54-56-58-62(66)63-60(59-64)61(65)57-55-53-51-49-47-45-43-41-39-37-35-33-28-26-24-22-20-18-16-14-12-10-8-6-4-2/h5,7,11,13,17,19,23,25,29-30,32,34,38-41,47,49,55,57,60-61,64-65H,3-4,6,8-10,12,14-16,18,20-22,24,26-28,31,33,35-37,42-46,48,50-54,56,58-59H2,1-2H3,(H,63,66)/b7-5-,13-11-,19-17-,25-23-,30-29-,34-32-,40-38-,41-39+,49-47+,57-55+. The molecule has 0 aromatic heterocycles. The van der Waals surface area contributed by atoms with E-state index in [0.29, 0.717) is 6.42 Å². The Morgan fingerprint density at radius 3 is 1.06 bits per heavy atom. The molecule has 2 atom stereocenters. The third kappa shape index (κ3) is 51.8. The predicted molar refractivity (Wildman–Crippen MR) is 294 cm³/mol. The van der Waals surface area contributed by atoms with Crippen molar-refractivity contribution >= 4 is 5.91 Å². The zero-order valence-electron chi connectivity index (χ0n) is 43.2. The second-order valence-electron chi connectivity index (χ2n) is 18.2. The second kappa shape index (κ2) is 56.1. The molecule has 0 aliphatic carbocycles. The van der Waals surface area contributed by atoms with Gasteiger partial charge in [-0.25, -0.2) is 0 Å². The van der Waals surface area contributed by atoms with Crippen molar-refractivity contribution in [3.8, 4) is 0 Å². The molecule has 0 spiro atoms. The van der Waals surface area contributed by atoms with Crippen molar-refractivity contribution in [1.29, 1.82) is 0 Å². The molecule has 0 saturated carbocycles. The number of unbranched alkanes of at least 4 members (excludes halogenated alkanes) is 24. The topological polar surface area (TPSA) is 69.6 Å². The summed E-state index contributed by atoms with van der Waals surface area (Å²) in [7, 11) is 0. The summed E-state index contributed by atoms with van der Waals surface area (Å²) in [5, 5.41) is 23.1. The Kier molecular flexibility index (Phi) is 53.4. The van der Waals surface area contributed by atoms with Gasteiger partial charge in [-0.2, -0.15) is 0 Å². The fraction of sp³-hybridized carbons (Fsp3) is 0.661. The third-order valence-corrected chi connectivity index (χ3v) is 11.9. The zero-order chi connectivity index (χ0) is 47.7. The van der Waals surface area contributed by atoms with Gasteiger partial charge >= 0.3 is 0 Å². The minimum Gasteiger partial charge on any atom is -0.394 e. The molecule has 2 unspecified atom stereocenters. The summed E-state index contributed by atoms with van der Waals surface area (Å²) in [6, 6.07) is -0.662. The number of hydrogen-bond donors (Lipinski definition) is 3. The molecule has 376 valence electrons. The highest BCUT2D eigenvalue weighted by atomic mass is 16.3. The highest BCUT2D eigenvalue weighted by molar-refractivity contribution is 5.76. The quantitative estimate of drug-likeness (QED) is 0.0421. The molecule has 0 aliphatic rings. The van der Waals surface area contributed by atoms with Gasteiger partial charge < -0.3 is 15.5 Å². The summed E-state index contributed by atoms with van der Waals surface area (Å²) < 4.78 is 0. The van der Waals surface area contributed by atoms with E-state index in [-0.39, 0.29) is 12.5 Å². The molecule has 0 aromatic carbocycles. The molecule has 3 N–H and O–H groups in total.